The average Bonchev–Trinajstić information content (AvgIpc) is 2.63. The minimum atomic E-state index is -4.50. The highest BCUT2D eigenvalue weighted by Gasteiger charge is 2.30. The first kappa shape index (κ1) is 19.1. The molecule has 0 saturated carbocycles. The molecule has 7 heteroatoms. The molecular formula is C20H18F4N2O. The van der Waals surface area contributed by atoms with Gasteiger partial charge < -0.3 is 4.57 Å². The fraction of sp³-hybridized carbons (Fsp3) is 0.300. The molecule has 0 fully saturated rings. The van der Waals surface area contributed by atoms with Gasteiger partial charge in [-0.15, -0.1) is 0 Å². The molecule has 142 valence electrons. The Balaban J connectivity index is 2.00. The van der Waals surface area contributed by atoms with Crippen molar-refractivity contribution in [3.8, 4) is 11.3 Å². The predicted octanol–water partition coefficient (Wildman–Crippen LogP) is 5.41. The van der Waals surface area contributed by atoms with Crippen LogP contribution in [0.2, 0.25) is 0 Å². The number of hydrogen-bond donors (Lipinski definition) is 0. The van der Waals surface area contributed by atoms with Crippen molar-refractivity contribution in [3.63, 3.8) is 0 Å². The van der Waals surface area contributed by atoms with Crippen molar-refractivity contribution in [1.29, 1.82) is 0 Å². The zero-order valence-electron chi connectivity index (χ0n) is 14.7. The summed E-state index contributed by atoms with van der Waals surface area (Å²) in [5, 5.41) is 0.756. The van der Waals surface area contributed by atoms with Crippen LogP contribution in [0.1, 0.15) is 31.7 Å². The monoisotopic (exact) mass is 378 g/mol. The Bertz CT molecular complexity index is 1010. The van der Waals surface area contributed by atoms with E-state index in [1.807, 2.05) is 0 Å². The number of alkyl halides is 3. The first-order valence-corrected chi connectivity index (χ1v) is 8.67. The zero-order chi connectivity index (χ0) is 19.6. The van der Waals surface area contributed by atoms with E-state index in [0.717, 1.165) is 37.5 Å². The molecule has 0 atom stereocenters. The van der Waals surface area contributed by atoms with Gasteiger partial charge >= 0.3 is 6.18 Å². The van der Waals surface area contributed by atoms with Crippen LogP contribution in [0.5, 0.6) is 0 Å². The van der Waals surface area contributed by atoms with Crippen LogP contribution in [-0.4, -0.2) is 9.55 Å². The third kappa shape index (κ3) is 4.02. The van der Waals surface area contributed by atoms with Gasteiger partial charge in [0.15, 0.2) is 0 Å². The molecule has 3 nitrogen and oxygen atoms in total. The summed E-state index contributed by atoms with van der Waals surface area (Å²) in [6.07, 6.45) is 0.707. The lowest BCUT2D eigenvalue weighted by molar-refractivity contribution is -0.137. The van der Waals surface area contributed by atoms with Gasteiger partial charge in [-0.1, -0.05) is 19.8 Å². The summed E-state index contributed by atoms with van der Waals surface area (Å²) in [6.45, 7) is 2.63. The summed E-state index contributed by atoms with van der Waals surface area (Å²) in [4.78, 5) is 16.3. The van der Waals surface area contributed by atoms with Gasteiger partial charge in [-0.3, -0.25) is 9.78 Å². The molecule has 0 amide bonds. The minimum absolute atomic E-state index is 0.0550. The van der Waals surface area contributed by atoms with Crippen LogP contribution in [0.15, 0.2) is 47.5 Å². The molecule has 0 unspecified atom stereocenters. The lowest BCUT2D eigenvalue weighted by atomic mass is 10.0. The van der Waals surface area contributed by atoms with Crippen molar-refractivity contribution < 1.29 is 17.6 Å². The van der Waals surface area contributed by atoms with E-state index in [4.69, 9.17) is 0 Å². The highest BCUT2D eigenvalue weighted by molar-refractivity contribution is 5.86. The Kier molecular flexibility index (Phi) is 5.30. The Morgan fingerprint density at radius 2 is 1.89 bits per heavy atom. The molecule has 2 aromatic heterocycles. The summed E-state index contributed by atoms with van der Waals surface area (Å²) in [5.74, 6) is -0.696. The summed E-state index contributed by atoms with van der Waals surface area (Å²) < 4.78 is 54.1. The Hall–Kier alpha value is -2.70. The van der Waals surface area contributed by atoms with Gasteiger partial charge in [0, 0.05) is 24.5 Å². The van der Waals surface area contributed by atoms with E-state index in [1.54, 1.807) is 16.8 Å². The normalized spacial score (nSPS) is 11.9. The molecule has 0 aliphatic carbocycles. The molecule has 2 heterocycles. The fourth-order valence-corrected chi connectivity index (χ4v) is 2.93. The molecular weight excluding hydrogens is 360 g/mol. The number of benzene rings is 1. The maximum atomic E-state index is 14.5. The number of unbranched alkanes of at least 4 members (excludes halogenated alkanes) is 2. The number of hydrogen-bond acceptors (Lipinski definition) is 2. The van der Waals surface area contributed by atoms with Gasteiger partial charge in [0.2, 0.25) is 0 Å². The van der Waals surface area contributed by atoms with E-state index < -0.39 is 17.6 Å². The molecule has 1 aromatic carbocycles. The van der Waals surface area contributed by atoms with E-state index in [-0.39, 0.29) is 22.2 Å². The number of halogens is 4. The second-order valence-electron chi connectivity index (χ2n) is 6.37. The number of aromatic nitrogens is 2. The molecule has 0 spiro atoms. The summed E-state index contributed by atoms with van der Waals surface area (Å²) in [6, 6.07) is 6.26. The topological polar surface area (TPSA) is 34.9 Å². The average molecular weight is 378 g/mol. The van der Waals surface area contributed by atoms with E-state index in [2.05, 4.69) is 11.9 Å². The molecule has 0 bridgehead atoms. The third-order valence-corrected chi connectivity index (χ3v) is 4.43. The fourth-order valence-electron chi connectivity index (χ4n) is 2.93. The Morgan fingerprint density at radius 3 is 2.52 bits per heavy atom. The van der Waals surface area contributed by atoms with Crippen LogP contribution in [-0.2, 0) is 12.7 Å². The van der Waals surface area contributed by atoms with Gasteiger partial charge in [-0.25, -0.2) is 4.39 Å². The predicted molar refractivity (Wildman–Crippen MR) is 95.9 cm³/mol. The molecule has 0 saturated heterocycles. The van der Waals surface area contributed by atoms with Crippen molar-refractivity contribution >= 4 is 10.8 Å². The SMILES string of the molecule is CCCCCn1ccc2cc(-c3ccc(C(F)(F)F)cn3)c(F)cc2c1=O. The maximum Gasteiger partial charge on any atom is 0.417 e. The molecule has 0 radical (unpaired) electrons. The molecule has 0 N–H and O–H groups in total. The molecule has 0 aliphatic rings. The summed E-state index contributed by atoms with van der Waals surface area (Å²) in [7, 11) is 0. The molecule has 27 heavy (non-hydrogen) atoms. The molecule has 3 aromatic rings. The second kappa shape index (κ2) is 7.50. The van der Waals surface area contributed by atoms with Crippen LogP contribution in [0.4, 0.5) is 17.6 Å². The largest absolute Gasteiger partial charge is 0.417 e. The van der Waals surface area contributed by atoms with Crippen LogP contribution in [0, 0.1) is 5.82 Å². The van der Waals surface area contributed by atoms with Crippen LogP contribution >= 0.6 is 0 Å². The van der Waals surface area contributed by atoms with Gasteiger partial charge in [-0.05, 0) is 42.1 Å². The number of rotatable bonds is 5. The second-order valence-corrected chi connectivity index (χ2v) is 6.37. The van der Waals surface area contributed by atoms with E-state index in [0.29, 0.717) is 18.1 Å². The summed E-state index contributed by atoms with van der Waals surface area (Å²) >= 11 is 0. The van der Waals surface area contributed by atoms with Gasteiger partial charge in [0.25, 0.3) is 5.56 Å². The van der Waals surface area contributed by atoms with E-state index >= 15 is 0 Å². The van der Waals surface area contributed by atoms with Crippen molar-refractivity contribution in [3.05, 3.63) is 64.5 Å². The number of fused-ring (bicyclic) bond motifs is 1. The number of pyridine rings is 2. The zero-order valence-corrected chi connectivity index (χ0v) is 14.7. The van der Waals surface area contributed by atoms with E-state index in [1.165, 1.54) is 6.07 Å². The number of aryl methyl sites for hydroxylation is 1. The van der Waals surface area contributed by atoms with Crippen LogP contribution in [0.25, 0.3) is 22.0 Å². The van der Waals surface area contributed by atoms with Crippen molar-refractivity contribution in [2.75, 3.05) is 0 Å². The van der Waals surface area contributed by atoms with Crippen LogP contribution in [0.3, 0.4) is 0 Å². The third-order valence-electron chi connectivity index (χ3n) is 4.43. The quantitative estimate of drug-likeness (QED) is 0.439. The minimum Gasteiger partial charge on any atom is -0.315 e. The first-order chi connectivity index (χ1) is 12.8. The van der Waals surface area contributed by atoms with Gasteiger partial charge in [0.1, 0.15) is 5.82 Å². The highest BCUT2D eigenvalue weighted by atomic mass is 19.4. The lowest BCUT2D eigenvalue weighted by Crippen LogP contribution is -2.19. The van der Waals surface area contributed by atoms with E-state index in [9.17, 15) is 22.4 Å². The lowest BCUT2D eigenvalue weighted by Gasteiger charge is -2.10. The van der Waals surface area contributed by atoms with Crippen molar-refractivity contribution in [1.82, 2.24) is 9.55 Å². The van der Waals surface area contributed by atoms with Crippen molar-refractivity contribution in [2.45, 2.75) is 38.9 Å². The highest BCUT2D eigenvalue weighted by Crippen LogP contribution is 2.31. The van der Waals surface area contributed by atoms with Crippen LogP contribution < -0.4 is 5.56 Å². The van der Waals surface area contributed by atoms with Crippen molar-refractivity contribution in [2.24, 2.45) is 0 Å². The maximum absolute atomic E-state index is 14.5. The Labute approximate surface area is 153 Å². The molecule has 0 aliphatic heterocycles. The number of nitrogens with zero attached hydrogens (tertiary/aromatic N) is 2. The van der Waals surface area contributed by atoms with Gasteiger partial charge in [-0.2, -0.15) is 13.2 Å². The van der Waals surface area contributed by atoms with Gasteiger partial charge in [0.05, 0.1) is 16.6 Å². The standard InChI is InChI=1S/C20H18F4N2O/c1-2-3-4-8-26-9-7-13-10-16(17(21)11-15(13)19(26)27)18-6-5-14(12-25-18)20(22,23)24/h5-7,9-12H,2-4,8H2,1H3. The first-order valence-electron chi connectivity index (χ1n) is 8.67. The smallest absolute Gasteiger partial charge is 0.315 e. The summed E-state index contributed by atoms with van der Waals surface area (Å²) in [5.41, 5.74) is -1.05. The molecule has 3 rings (SSSR count). The Morgan fingerprint density at radius 1 is 1.11 bits per heavy atom.